The van der Waals surface area contributed by atoms with Gasteiger partial charge < -0.3 is 9.47 Å². The summed E-state index contributed by atoms with van der Waals surface area (Å²) in [4.78, 5) is 0. The van der Waals surface area contributed by atoms with E-state index < -0.39 is 10.0 Å². The van der Waals surface area contributed by atoms with E-state index in [4.69, 9.17) is 9.47 Å². The molecule has 0 spiro atoms. The molecule has 1 aliphatic heterocycles. The second-order valence-electron chi connectivity index (χ2n) is 4.72. The van der Waals surface area contributed by atoms with Gasteiger partial charge in [-0.2, -0.15) is 4.31 Å². The summed E-state index contributed by atoms with van der Waals surface area (Å²) in [6.45, 7) is 5.14. The lowest BCUT2D eigenvalue weighted by molar-refractivity contribution is -0.162. The van der Waals surface area contributed by atoms with Crippen molar-refractivity contribution in [3.05, 3.63) is 17.0 Å². The Hall–Kier alpha value is 0.0100. The number of sulfonamides is 1. The fourth-order valence-corrected chi connectivity index (χ4v) is 5.65. The van der Waals surface area contributed by atoms with E-state index >= 15 is 0 Å². The van der Waals surface area contributed by atoms with Gasteiger partial charge in [0.15, 0.2) is 6.29 Å². The average molecular weight is 398 g/mol. The molecule has 0 amide bonds. The first kappa shape index (κ1) is 17.4. The van der Waals surface area contributed by atoms with E-state index in [-0.39, 0.29) is 12.4 Å². The molecule has 0 radical (unpaired) electrons. The summed E-state index contributed by atoms with van der Waals surface area (Å²) < 4.78 is 38.3. The van der Waals surface area contributed by atoms with Gasteiger partial charge in [0.05, 0.1) is 0 Å². The van der Waals surface area contributed by atoms with Gasteiger partial charge in [-0.25, -0.2) is 8.42 Å². The molecule has 1 aromatic rings. The van der Waals surface area contributed by atoms with Crippen molar-refractivity contribution in [2.24, 2.45) is 0 Å². The van der Waals surface area contributed by atoms with Crippen molar-refractivity contribution in [1.82, 2.24) is 4.31 Å². The van der Waals surface area contributed by atoms with Crippen LogP contribution in [0.1, 0.15) is 31.9 Å². The third-order valence-electron chi connectivity index (χ3n) is 3.25. The van der Waals surface area contributed by atoms with E-state index in [0.717, 1.165) is 17.3 Å². The molecular weight excluding hydrogens is 378 g/mol. The monoisotopic (exact) mass is 397 g/mol. The summed E-state index contributed by atoms with van der Waals surface area (Å²) in [6.07, 6.45) is 0.145. The van der Waals surface area contributed by atoms with Crippen molar-refractivity contribution in [2.45, 2.75) is 36.9 Å². The van der Waals surface area contributed by atoms with E-state index in [9.17, 15) is 8.42 Å². The number of alkyl halides is 1. The molecule has 0 aliphatic carbocycles. The highest BCUT2D eigenvalue weighted by Crippen LogP contribution is 2.38. The SMILES string of the molecule is CCOC(C)OC1CN(CCCBr)S(=O)(=O)c2sccc21. The standard InChI is InChI=1S/C13H20BrNO4S2/c1-3-18-10(2)19-12-9-15(7-4-6-14)21(16,17)13-11(12)5-8-20-13/h5,8,10,12H,3-4,6-7,9H2,1-2H3. The Balaban J connectivity index is 2.23. The van der Waals surface area contributed by atoms with Crippen LogP contribution >= 0.6 is 27.3 Å². The van der Waals surface area contributed by atoms with Crippen molar-refractivity contribution in [3.63, 3.8) is 0 Å². The Morgan fingerprint density at radius 2 is 2.33 bits per heavy atom. The van der Waals surface area contributed by atoms with Gasteiger partial charge >= 0.3 is 0 Å². The van der Waals surface area contributed by atoms with Crippen molar-refractivity contribution in [1.29, 1.82) is 0 Å². The fraction of sp³-hybridized carbons (Fsp3) is 0.692. The lowest BCUT2D eigenvalue weighted by atomic mass is 10.2. The van der Waals surface area contributed by atoms with E-state index in [1.165, 1.54) is 15.6 Å². The third-order valence-corrected chi connectivity index (χ3v) is 7.17. The minimum absolute atomic E-state index is 0.272. The Morgan fingerprint density at radius 1 is 1.57 bits per heavy atom. The van der Waals surface area contributed by atoms with E-state index in [1.54, 1.807) is 5.38 Å². The lowest BCUT2D eigenvalue weighted by Crippen LogP contribution is -2.41. The maximum Gasteiger partial charge on any atom is 0.253 e. The van der Waals surface area contributed by atoms with Crippen LogP contribution in [0.5, 0.6) is 0 Å². The summed E-state index contributed by atoms with van der Waals surface area (Å²) in [6, 6.07) is 1.84. The van der Waals surface area contributed by atoms with Gasteiger partial charge in [0.2, 0.25) is 0 Å². The smallest absolute Gasteiger partial charge is 0.253 e. The van der Waals surface area contributed by atoms with Crippen LogP contribution < -0.4 is 0 Å². The van der Waals surface area contributed by atoms with Gasteiger partial charge in [-0.1, -0.05) is 15.9 Å². The van der Waals surface area contributed by atoms with Crippen LogP contribution in [0.3, 0.4) is 0 Å². The van der Waals surface area contributed by atoms with Crippen LogP contribution in [0.15, 0.2) is 15.7 Å². The Morgan fingerprint density at radius 3 is 3.00 bits per heavy atom. The molecule has 21 heavy (non-hydrogen) atoms. The van der Waals surface area contributed by atoms with Gasteiger partial charge in [-0.15, -0.1) is 11.3 Å². The number of halogens is 1. The zero-order valence-corrected chi connectivity index (χ0v) is 15.3. The highest BCUT2D eigenvalue weighted by Gasteiger charge is 2.38. The molecule has 0 N–H and O–H groups in total. The second-order valence-corrected chi connectivity index (χ2v) is 8.56. The Labute approximate surface area is 138 Å². The maximum absolute atomic E-state index is 12.6. The Bertz CT molecular complexity index is 560. The first-order chi connectivity index (χ1) is 10.0. The summed E-state index contributed by atoms with van der Waals surface area (Å²) >= 11 is 4.60. The molecule has 2 rings (SSSR count). The van der Waals surface area contributed by atoms with Crippen molar-refractivity contribution in [2.75, 3.05) is 25.0 Å². The van der Waals surface area contributed by atoms with Gasteiger partial charge in [-0.3, -0.25) is 0 Å². The van der Waals surface area contributed by atoms with Crippen LogP contribution in [0.25, 0.3) is 0 Å². The fourth-order valence-electron chi connectivity index (χ4n) is 2.32. The van der Waals surface area contributed by atoms with Gasteiger partial charge in [-0.05, 0) is 31.7 Å². The zero-order chi connectivity index (χ0) is 15.5. The molecule has 2 atom stereocenters. The number of ether oxygens (including phenoxy) is 2. The molecule has 0 saturated heterocycles. The van der Waals surface area contributed by atoms with E-state index in [2.05, 4.69) is 15.9 Å². The summed E-state index contributed by atoms with van der Waals surface area (Å²) in [7, 11) is -3.38. The predicted octanol–water partition coefficient (Wildman–Crippen LogP) is 2.98. The molecule has 8 heteroatoms. The first-order valence-electron chi connectivity index (χ1n) is 6.91. The predicted molar refractivity (Wildman–Crippen MR) is 86.4 cm³/mol. The molecule has 0 aromatic carbocycles. The maximum atomic E-state index is 12.6. The normalized spacial score (nSPS) is 22.9. The quantitative estimate of drug-likeness (QED) is 0.524. The number of fused-ring (bicyclic) bond motifs is 1. The van der Waals surface area contributed by atoms with Crippen molar-refractivity contribution in [3.8, 4) is 0 Å². The molecular formula is C13H20BrNO4S2. The largest absolute Gasteiger partial charge is 0.353 e. The molecule has 1 aromatic heterocycles. The molecule has 0 bridgehead atoms. The minimum Gasteiger partial charge on any atom is -0.353 e. The first-order valence-corrected chi connectivity index (χ1v) is 10.3. The van der Waals surface area contributed by atoms with Crippen LogP contribution in [0.2, 0.25) is 0 Å². The number of rotatable bonds is 7. The molecule has 2 unspecified atom stereocenters. The third kappa shape index (κ3) is 3.86. The summed E-state index contributed by atoms with van der Waals surface area (Å²) in [5, 5.41) is 2.58. The highest BCUT2D eigenvalue weighted by molar-refractivity contribution is 9.09. The second kappa shape index (κ2) is 7.52. The highest BCUT2D eigenvalue weighted by atomic mass is 79.9. The average Bonchev–Trinajstić information content (AvgIpc) is 2.91. The van der Waals surface area contributed by atoms with Gasteiger partial charge in [0.25, 0.3) is 10.0 Å². The van der Waals surface area contributed by atoms with Gasteiger partial charge in [0.1, 0.15) is 10.3 Å². The number of nitrogens with zero attached hydrogens (tertiary/aromatic N) is 1. The molecule has 1 aliphatic rings. The molecule has 2 heterocycles. The van der Waals surface area contributed by atoms with Crippen LogP contribution in [-0.2, 0) is 19.5 Å². The van der Waals surface area contributed by atoms with E-state index in [0.29, 0.717) is 23.9 Å². The summed E-state index contributed by atoms with van der Waals surface area (Å²) in [5.41, 5.74) is 0.752. The van der Waals surface area contributed by atoms with Crippen LogP contribution in [0.4, 0.5) is 0 Å². The van der Waals surface area contributed by atoms with Crippen molar-refractivity contribution >= 4 is 37.3 Å². The molecule has 0 fully saturated rings. The molecule has 5 nitrogen and oxygen atoms in total. The number of thiophene rings is 1. The van der Waals surface area contributed by atoms with Gasteiger partial charge in [0, 0.05) is 30.6 Å². The molecule has 0 saturated carbocycles. The Kier molecular flexibility index (Phi) is 6.22. The topological polar surface area (TPSA) is 55.8 Å². The van der Waals surface area contributed by atoms with Crippen molar-refractivity contribution < 1.29 is 17.9 Å². The lowest BCUT2D eigenvalue weighted by Gasteiger charge is -2.33. The zero-order valence-electron chi connectivity index (χ0n) is 12.1. The van der Waals surface area contributed by atoms with Crippen LogP contribution in [0, 0.1) is 0 Å². The number of hydrogen-bond donors (Lipinski definition) is 0. The van der Waals surface area contributed by atoms with E-state index in [1.807, 2.05) is 19.9 Å². The van der Waals surface area contributed by atoms with Crippen LogP contribution in [-0.4, -0.2) is 44.0 Å². The number of hydrogen-bond acceptors (Lipinski definition) is 5. The summed E-state index contributed by atoms with van der Waals surface area (Å²) in [5.74, 6) is 0. The minimum atomic E-state index is -3.38. The molecule has 120 valence electrons.